The second kappa shape index (κ2) is 7.22. The first-order chi connectivity index (χ1) is 12.7. The topological polar surface area (TPSA) is 63.2 Å². The van der Waals surface area contributed by atoms with Crippen LogP contribution in [-0.4, -0.2) is 30.1 Å². The van der Waals surface area contributed by atoms with Crippen LogP contribution in [0.1, 0.15) is 5.56 Å². The molecule has 1 amide bonds. The van der Waals surface area contributed by atoms with Gasteiger partial charge in [0.05, 0.1) is 6.54 Å². The number of pyridine rings is 1. The van der Waals surface area contributed by atoms with E-state index < -0.39 is 0 Å². The van der Waals surface area contributed by atoms with E-state index >= 15 is 0 Å². The van der Waals surface area contributed by atoms with Crippen molar-refractivity contribution in [3.05, 3.63) is 65.3 Å². The maximum atomic E-state index is 12.3. The van der Waals surface area contributed by atoms with Gasteiger partial charge in [-0.05, 0) is 35.9 Å². The molecule has 2 N–H and O–H groups in total. The van der Waals surface area contributed by atoms with Crippen molar-refractivity contribution < 1.29 is 9.53 Å². The Morgan fingerprint density at radius 1 is 1.27 bits per heavy atom. The molecule has 1 aliphatic heterocycles. The van der Waals surface area contributed by atoms with E-state index in [4.69, 9.17) is 16.3 Å². The average Bonchev–Trinajstić information content (AvgIpc) is 3.08. The molecule has 2 heterocycles. The molecule has 4 rings (SSSR count). The van der Waals surface area contributed by atoms with Crippen LogP contribution in [0.4, 0.5) is 5.69 Å². The van der Waals surface area contributed by atoms with Crippen LogP contribution in [0.3, 0.4) is 0 Å². The number of halogens is 1. The third-order valence-electron chi connectivity index (χ3n) is 4.39. The average molecular weight is 368 g/mol. The predicted octanol–water partition coefficient (Wildman–Crippen LogP) is 3.42. The molecule has 0 saturated carbocycles. The van der Waals surface area contributed by atoms with Crippen LogP contribution >= 0.6 is 11.6 Å². The highest BCUT2D eigenvalue weighted by molar-refractivity contribution is 6.30. The lowest BCUT2D eigenvalue weighted by atomic mass is 10.1. The minimum absolute atomic E-state index is 0.0445. The van der Waals surface area contributed by atoms with E-state index in [1.165, 1.54) is 0 Å². The summed E-state index contributed by atoms with van der Waals surface area (Å²) in [5.41, 5.74) is 2.86. The van der Waals surface area contributed by atoms with Crippen LogP contribution in [0.2, 0.25) is 5.02 Å². The van der Waals surface area contributed by atoms with Gasteiger partial charge < -0.3 is 15.4 Å². The Morgan fingerprint density at radius 3 is 3.08 bits per heavy atom. The Kier molecular flexibility index (Phi) is 4.63. The summed E-state index contributed by atoms with van der Waals surface area (Å²) >= 11 is 6.00. The van der Waals surface area contributed by atoms with E-state index in [1.54, 1.807) is 6.20 Å². The molecule has 1 aromatic heterocycles. The number of para-hydroxylation sites is 1. The Bertz CT molecular complexity index is 955. The molecule has 1 aliphatic rings. The molecule has 0 spiro atoms. The Balaban J connectivity index is 1.29. The number of ether oxygens (including phenoxy) is 1. The molecule has 6 heteroatoms. The number of fused-ring (bicyclic) bond motifs is 2. The van der Waals surface area contributed by atoms with Gasteiger partial charge >= 0.3 is 0 Å². The lowest BCUT2D eigenvalue weighted by molar-refractivity contribution is -0.121. The third-order valence-corrected chi connectivity index (χ3v) is 4.63. The van der Waals surface area contributed by atoms with Crippen molar-refractivity contribution in [2.75, 3.05) is 18.5 Å². The monoisotopic (exact) mass is 367 g/mol. The van der Waals surface area contributed by atoms with Crippen LogP contribution in [0, 0.1) is 0 Å². The molecule has 132 valence electrons. The van der Waals surface area contributed by atoms with Crippen LogP contribution in [0.15, 0.2) is 54.7 Å². The minimum atomic E-state index is -0.275. The van der Waals surface area contributed by atoms with E-state index in [0.29, 0.717) is 24.6 Å². The number of anilines is 1. The van der Waals surface area contributed by atoms with E-state index in [1.807, 2.05) is 48.5 Å². The van der Waals surface area contributed by atoms with Gasteiger partial charge in [-0.15, -0.1) is 0 Å². The lowest BCUT2D eigenvalue weighted by Crippen LogP contribution is -2.40. The Hall–Kier alpha value is -2.79. The summed E-state index contributed by atoms with van der Waals surface area (Å²) in [6, 6.07) is 15.0. The SMILES string of the molecule is O=C(NCCOc1cccc2cccnc12)[C@@H]1Cc2cc(Cl)ccc2N1. The highest BCUT2D eigenvalue weighted by Crippen LogP contribution is 2.28. The number of hydrogen-bond acceptors (Lipinski definition) is 4. The molecule has 0 aliphatic carbocycles. The fourth-order valence-electron chi connectivity index (χ4n) is 3.14. The number of rotatable bonds is 5. The molecule has 0 bridgehead atoms. The normalized spacial score (nSPS) is 15.3. The molecule has 0 fully saturated rings. The zero-order valence-electron chi connectivity index (χ0n) is 14.0. The smallest absolute Gasteiger partial charge is 0.242 e. The van der Waals surface area contributed by atoms with Crippen LogP contribution < -0.4 is 15.4 Å². The second-order valence-corrected chi connectivity index (χ2v) is 6.61. The molecular weight excluding hydrogens is 350 g/mol. The van der Waals surface area contributed by atoms with Crippen molar-refractivity contribution in [3.63, 3.8) is 0 Å². The predicted molar refractivity (Wildman–Crippen MR) is 103 cm³/mol. The number of carbonyl (C=O) groups is 1. The largest absolute Gasteiger partial charge is 0.489 e. The molecule has 1 atom stereocenters. The summed E-state index contributed by atoms with van der Waals surface area (Å²) in [4.78, 5) is 16.7. The number of nitrogens with one attached hydrogen (secondary N) is 2. The van der Waals surface area contributed by atoms with Gasteiger partial charge in [0.15, 0.2) is 0 Å². The zero-order valence-corrected chi connectivity index (χ0v) is 14.8. The van der Waals surface area contributed by atoms with Gasteiger partial charge in [0.1, 0.15) is 23.9 Å². The van der Waals surface area contributed by atoms with Gasteiger partial charge in [-0.2, -0.15) is 0 Å². The van der Waals surface area contributed by atoms with Gasteiger partial charge in [0.2, 0.25) is 5.91 Å². The van der Waals surface area contributed by atoms with Crippen LogP contribution in [-0.2, 0) is 11.2 Å². The molecular formula is C20H18ClN3O2. The van der Waals surface area contributed by atoms with Gasteiger partial charge in [-0.1, -0.05) is 29.8 Å². The third kappa shape index (κ3) is 3.44. The quantitative estimate of drug-likeness (QED) is 0.678. The van der Waals surface area contributed by atoms with Crippen LogP contribution in [0.25, 0.3) is 10.9 Å². The summed E-state index contributed by atoms with van der Waals surface area (Å²) in [6.45, 7) is 0.810. The molecule has 0 radical (unpaired) electrons. The molecule has 0 unspecified atom stereocenters. The van der Waals surface area contributed by atoms with Crippen LogP contribution in [0.5, 0.6) is 5.75 Å². The first-order valence-corrected chi connectivity index (χ1v) is 8.88. The van der Waals surface area contributed by atoms with Gasteiger partial charge in [-0.3, -0.25) is 9.78 Å². The second-order valence-electron chi connectivity index (χ2n) is 6.17. The van der Waals surface area contributed by atoms with Crippen molar-refractivity contribution >= 4 is 34.1 Å². The van der Waals surface area contributed by atoms with Crippen molar-refractivity contribution in [2.24, 2.45) is 0 Å². The maximum Gasteiger partial charge on any atom is 0.242 e. The fraction of sp³-hybridized carbons (Fsp3) is 0.200. The van der Waals surface area contributed by atoms with Crippen molar-refractivity contribution in [3.8, 4) is 5.75 Å². The summed E-state index contributed by atoms with van der Waals surface area (Å²) < 4.78 is 5.79. The zero-order chi connectivity index (χ0) is 17.9. The van der Waals surface area contributed by atoms with E-state index in [-0.39, 0.29) is 11.9 Å². The van der Waals surface area contributed by atoms with Crippen molar-refractivity contribution in [1.82, 2.24) is 10.3 Å². The highest BCUT2D eigenvalue weighted by Gasteiger charge is 2.26. The summed E-state index contributed by atoms with van der Waals surface area (Å²) in [5, 5.41) is 7.85. The lowest BCUT2D eigenvalue weighted by Gasteiger charge is -2.13. The van der Waals surface area contributed by atoms with Gasteiger partial charge in [0.25, 0.3) is 0 Å². The number of benzene rings is 2. The molecule has 0 saturated heterocycles. The molecule has 5 nitrogen and oxygen atoms in total. The number of nitrogens with zero attached hydrogens (tertiary/aromatic N) is 1. The summed E-state index contributed by atoms with van der Waals surface area (Å²) in [6.07, 6.45) is 2.38. The Labute approximate surface area is 156 Å². The number of carbonyl (C=O) groups excluding carboxylic acids is 1. The van der Waals surface area contributed by atoms with Crippen molar-refractivity contribution in [1.29, 1.82) is 0 Å². The first kappa shape index (κ1) is 16.7. The fourth-order valence-corrected chi connectivity index (χ4v) is 3.33. The summed E-state index contributed by atoms with van der Waals surface area (Å²) in [7, 11) is 0. The maximum absolute atomic E-state index is 12.3. The van der Waals surface area contributed by atoms with E-state index in [0.717, 1.165) is 27.9 Å². The number of aromatic nitrogens is 1. The first-order valence-electron chi connectivity index (χ1n) is 8.50. The number of hydrogen-bond donors (Lipinski definition) is 2. The summed E-state index contributed by atoms with van der Waals surface area (Å²) in [5.74, 6) is 0.676. The molecule has 2 aromatic carbocycles. The Morgan fingerprint density at radius 2 is 2.15 bits per heavy atom. The van der Waals surface area contributed by atoms with Gasteiger partial charge in [0, 0.05) is 28.7 Å². The highest BCUT2D eigenvalue weighted by atomic mass is 35.5. The number of amides is 1. The van der Waals surface area contributed by atoms with E-state index in [2.05, 4.69) is 15.6 Å². The molecule has 3 aromatic rings. The molecule has 26 heavy (non-hydrogen) atoms. The van der Waals surface area contributed by atoms with E-state index in [9.17, 15) is 4.79 Å². The minimum Gasteiger partial charge on any atom is -0.489 e. The standard InChI is InChI=1S/C20H18ClN3O2/c21-15-6-7-16-14(11-15)12-17(24-16)20(25)23-9-10-26-18-5-1-3-13-4-2-8-22-19(13)18/h1-8,11,17,24H,9-10,12H2,(H,23,25)/t17-/m0/s1. The van der Waals surface area contributed by atoms with Gasteiger partial charge in [-0.25, -0.2) is 0 Å². The van der Waals surface area contributed by atoms with Crippen molar-refractivity contribution in [2.45, 2.75) is 12.5 Å².